The molecule has 0 aliphatic carbocycles. The molecule has 0 aromatic carbocycles. The first-order chi connectivity index (χ1) is 6.51. The minimum Gasteiger partial charge on any atom is -0.301 e. The highest BCUT2D eigenvalue weighted by atomic mass is 32.2. The molecule has 1 heterocycles. The number of thioether (sulfide) groups is 1. The molecule has 6 heteroatoms. The van der Waals surface area contributed by atoms with Gasteiger partial charge in [-0.1, -0.05) is 25.6 Å². The van der Waals surface area contributed by atoms with Crippen molar-refractivity contribution in [1.29, 1.82) is 0 Å². The van der Waals surface area contributed by atoms with E-state index >= 15 is 0 Å². The van der Waals surface area contributed by atoms with E-state index in [1.54, 1.807) is 6.20 Å². The Hall–Kier alpha value is -0.200. The maximum absolute atomic E-state index is 11.7. The number of hydrogen-bond donors (Lipinski definition) is 1. The molecule has 0 amide bonds. The van der Waals surface area contributed by atoms with Crippen molar-refractivity contribution in [3.8, 4) is 0 Å². The van der Waals surface area contributed by atoms with Crippen molar-refractivity contribution < 1.29 is 8.42 Å². The quantitative estimate of drug-likeness (QED) is 0.798. The maximum Gasteiger partial charge on any atom is 0.236 e. The fourth-order valence-corrected chi connectivity index (χ4v) is 3.97. The van der Waals surface area contributed by atoms with Crippen LogP contribution in [-0.2, 0) is 10.0 Å². The van der Waals surface area contributed by atoms with Crippen LogP contribution < -0.4 is 5.73 Å². The second kappa shape index (κ2) is 4.55. The van der Waals surface area contributed by atoms with Crippen molar-refractivity contribution in [1.82, 2.24) is 4.31 Å². The number of sulfonamides is 1. The number of nitrogens with two attached hydrogens (primary N) is 1. The average Bonchev–Trinajstić information content (AvgIpc) is 2.47. The zero-order valence-corrected chi connectivity index (χ0v) is 10.1. The monoisotopic (exact) mass is 236 g/mol. The van der Waals surface area contributed by atoms with Gasteiger partial charge in [0, 0.05) is 11.1 Å². The van der Waals surface area contributed by atoms with Crippen LogP contribution >= 0.6 is 11.8 Å². The standard InChI is InChI=1S/C8H16N2O2S2/c1-3-5-14(11,12)10-6-7(4-2)13-8(10)9/h6,8H,3-5,9H2,1-2H3. The summed E-state index contributed by atoms with van der Waals surface area (Å²) in [6.07, 6.45) is 3.10. The summed E-state index contributed by atoms with van der Waals surface area (Å²) in [6.45, 7) is 3.83. The van der Waals surface area contributed by atoms with Gasteiger partial charge >= 0.3 is 0 Å². The van der Waals surface area contributed by atoms with Gasteiger partial charge in [0.05, 0.1) is 5.75 Å². The predicted octanol–water partition coefficient (Wildman–Crippen LogP) is 1.27. The van der Waals surface area contributed by atoms with Crippen molar-refractivity contribution in [2.45, 2.75) is 32.2 Å². The van der Waals surface area contributed by atoms with Gasteiger partial charge in [0.1, 0.15) is 5.50 Å². The third-order valence-electron chi connectivity index (χ3n) is 1.93. The molecule has 0 aromatic heterocycles. The van der Waals surface area contributed by atoms with Crippen molar-refractivity contribution in [2.24, 2.45) is 5.73 Å². The molecule has 0 spiro atoms. The average molecular weight is 236 g/mol. The Kier molecular flexibility index (Phi) is 3.86. The third kappa shape index (κ3) is 2.43. The number of nitrogens with zero attached hydrogens (tertiary/aromatic N) is 1. The van der Waals surface area contributed by atoms with Crippen molar-refractivity contribution in [2.75, 3.05) is 5.75 Å². The molecular weight excluding hydrogens is 220 g/mol. The zero-order valence-electron chi connectivity index (χ0n) is 8.43. The minimum absolute atomic E-state index is 0.161. The van der Waals surface area contributed by atoms with E-state index < -0.39 is 15.5 Å². The first kappa shape index (κ1) is 11.9. The number of hydrogen-bond acceptors (Lipinski definition) is 4. The molecule has 0 fully saturated rings. The molecule has 82 valence electrons. The van der Waals surface area contributed by atoms with Gasteiger partial charge in [-0.3, -0.25) is 4.31 Å². The Balaban J connectivity index is 2.83. The van der Waals surface area contributed by atoms with E-state index in [0.717, 1.165) is 11.3 Å². The van der Waals surface area contributed by atoms with E-state index in [-0.39, 0.29) is 5.75 Å². The number of rotatable bonds is 4. The largest absolute Gasteiger partial charge is 0.301 e. The lowest BCUT2D eigenvalue weighted by Gasteiger charge is -2.20. The lowest BCUT2D eigenvalue weighted by Crippen LogP contribution is -2.38. The molecular formula is C8H16N2O2S2. The normalized spacial score (nSPS) is 22.6. The van der Waals surface area contributed by atoms with Gasteiger partial charge < -0.3 is 5.73 Å². The molecule has 1 unspecified atom stereocenters. The van der Waals surface area contributed by atoms with Gasteiger partial charge in [-0.2, -0.15) is 0 Å². The molecule has 0 aromatic rings. The lowest BCUT2D eigenvalue weighted by molar-refractivity contribution is 0.491. The highest BCUT2D eigenvalue weighted by Gasteiger charge is 2.29. The lowest BCUT2D eigenvalue weighted by atomic mass is 10.5. The summed E-state index contributed by atoms with van der Waals surface area (Å²) in [7, 11) is -3.19. The second-order valence-electron chi connectivity index (χ2n) is 3.10. The van der Waals surface area contributed by atoms with Crippen LogP contribution in [0.3, 0.4) is 0 Å². The Morgan fingerprint density at radius 1 is 1.57 bits per heavy atom. The zero-order chi connectivity index (χ0) is 10.8. The SMILES string of the molecule is CCCS(=O)(=O)N1C=C(CC)SC1N. The fraction of sp³-hybridized carbons (Fsp3) is 0.750. The molecule has 0 bridgehead atoms. The Labute approximate surface area is 89.6 Å². The molecule has 1 atom stereocenters. The first-order valence-corrected chi connectivity index (χ1v) is 7.14. The van der Waals surface area contributed by atoms with Gasteiger partial charge in [0.2, 0.25) is 10.0 Å². The molecule has 0 saturated heterocycles. The summed E-state index contributed by atoms with van der Waals surface area (Å²) < 4.78 is 24.7. The van der Waals surface area contributed by atoms with Crippen LogP contribution in [-0.4, -0.2) is 24.0 Å². The highest BCUT2D eigenvalue weighted by Crippen LogP contribution is 2.33. The van der Waals surface area contributed by atoms with Gasteiger partial charge in [0.15, 0.2) is 0 Å². The van der Waals surface area contributed by atoms with Crippen molar-refractivity contribution in [3.63, 3.8) is 0 Å². The van der Waals surface area contributed by atoms with Crippen LogP contribution in [0, 0.1) is 0 Å². The Morgan fingerprint density at radius 3 is 2.64 bits per heavy atom. The summed E-state index contributed by atoms with van der Waals surface area (Å²) in [5, 5.41) is 0. The van der Waals surface area contributed by atoms with E-state index in [0.29, 0.717) is 6.42 Å². The molecule has 14 heavy (non-hydrogen) atoms. The first-order valence-electron chi connectivity index (χ1n) is 4.65. The van der Waals surface area contributed by atoms with Crippen LogP contribution in [0.1, 0.15) is 26.7 Å². The van der Waals surface area contributed by atoms with Crippen LogP contribution in [0.25, 0.3) is 0 Å². The Bertz CT molecular complexity index is 324. The van der Waals surface area contributed by atoms with Crippen LogP contribution in [0.4, 0.5) is 0 Å². The van der Waals surface area contributed by atoms with Gasteiger partial charge in [0.25, 0.3) is 0 Å². The van der Waals surface area contributed by atoms with Crippen molar-refractivity contribution in [3.05, 3.63) is 11.1 Å². The van der Waals surface area contributed by atoms with E-state index in [1.165, 1.54) is 16.1 Å². The topological polar surface area (TPSA) is 63.4 Å². The van der Waals surface area contributed by atoms with E-state index in [4.69, 9.17) is 5.73 Å². The van der Waals surface area contributed by atoms with Crippen LogP contribution in [0.15, 0.2) is 11.1 Å². The minimum atomic E-state index is -3.19. The fourth-order valence-electron chi connectivity index (χ4n) is 1.23. The second-order valence-corrected chi connectivity index (χ2v) is 6.34. The molecule has 1 rings (SSSR count). The highest BCUT2D eigenvalue weighted by molar-refractivity contribution is 8.04. The molecule has 0 radical (unpaired) electrons. The molecule has 1 aliphatic heterocycles. The molecule has 0 saturated carbocycles. The van der Waals surface area contributed by atoms with Gasteiger partial charge in [-0.25, -0.2) is 8.42 Å². The smallest absolute Gasteiger partial charge is 0.236 e. The predicted molar refractivity (Wildman–Crippen MR) is 59.9 cm³/mol. The summed E-state index contributed by atoms with van der Waals surface area (Å²) in [6, 6.07) is 0. The molecule has 1 aliphatic rings. The third-order valence-corrected chi connectivity index (χ3v) is 5.12. The summed E-state index contributed by atoms with van der Waals surface area (Å²) >= 11 is 1.41. The number of allylic oxidation sites excluding steroid dienone is 1. The summed E-state index contributed by atoms with van der Waals surface area (Å²) in [5.41, 5.74) is 5.25. The summed E-state index contributed by atoms with van der Waals surface area (Å²) in [4.78, 5) is 1.03. The van der Waals surface area contributed by atoms with E-state index in [9.17, 15) is 8.42 Å². The van der Waals surface area contributed by atoms with Gasteiger partial charge in [-0.15, -0.1) is 0 Å². The molecule has 2 N–H and O–H groups in total. The van der Waals surface area contributed by atoms with Crippen LogP contribution in [0.5, 0.6) is 0 Å². The van der Waals surface area contributed by atoms with Gasteiger partial charge in [-0.05, 0) is 12.8 Å². The maximum atomic E-state index is 11.7. The van der Waals surface area contributed by atoms with Crippen LogP contribution in [0.2, 0.25) is 0 Å². The summed E-state index contributed by atoms with van der Waals surface area (Å²) in [5.74, 6) is 0.161. The van der Waals surface area contributed by atoms with E-state index in [1.807, 2.05) is 13.8 Å². The van der Waals surface area contributed by atoms with E-state index in [2.05, 4.69) is 0 Å². The Morgan fingerprint density at radius 2 is 2.21 bits per heavy atom. The van der Waals surface area contributed by atoms with Crippen molar-refractivity contribution >= 4 is 21.8 Å². The molecule has 4 nitrogen and oxygen atoms in total.